The average molecular weight is 366 g/mol. The summed E-state index contributed by atoms with van der Waals surface area (Å²) in [6.45, 7) is 5.33. The normalized spacial score (nSPS) is 16.9. The third-order valence-electron chi connectivity index (χ3n) is 4.70. The van der Waals surface area contributed by atoms with Crippen molar-refractivity contribution in [3.05, 3.63) is 59.2 Å². The lowest BCUT2D eigenvalue weighted by atomic mass is 10.1. The topological polar surface area (TPSA) is 42.4 Å². The lowest BCUT2D eigenvalue weighted by molar-refractivity contribution is -0.127. The molecule has 0 spiro atoms. The highest BCUT2D eigenvalue weighted by Gasteiger charge is 2.31. The maximum absolute atomic E-state index is 13.1. The van der Waals surface area contributed by atoms with Gasteiger partial charge in [-0.05, 0) is 49.4 Å². The van der Waals surface area contributed by atoms with Crippen molar-refractivity contribution >= 4 is 32.6 Å². The van der Waals surface area contributed by atoms with Gasteiger partial charge in [-0.1, -0.05) is 47.7 Å². The molecule has 5 heteroatoms. The van der Waals surface area contributed by atoms with Crippen molar-refractivity contribution in [1.82, 2.24) is 4.98 Å². The van der Waals surface area contributed by atoms with Crippen LogP contribution in [0.1, 0.15) is 29.5 Å². The van der Waals surface area contributed by atoms with Crippen molar-refractivity contribution in [2.24, 2.45) is 0 Å². The Hall–Kier alpha value is -2.24. The summed E-state index contributed by atoms with van der Waals surface area (Å²) < 4.78 is 6.78. The van der Waals surface area contributed by atoms with Crippen molar-refractivity contribution in [2.45, 2.75) is 39.3 Å². The zero-order chi connectivity index (χ0) is 18.1. The van der Waals surface area contributed by atoms with Gasteiger partial charge in [-0.25, -0.2) is 4.98 Å². The lowest BCUT2D eigenvalue weighted by Crippen LogP contribution is -2.38. The van der Waals surface area contributed by atoms with Crippen LogP contribution in [0.25, 0.3) is 10.2 Å². The van der Waals surface area contributed by atoms with Gasteiger partial charge in [0.05, 0.1) is 16.8 Å². The first-order valence-electron chi connectivity index (χ1n) is 8.96. The monoisotopic (exact) mass is 366 g/mol. The molecular formula is C21H22N2O2S. The molecule has 1 atom stereocenters. The maximum Gasteiger partial charge on any atom is 0.258 e. The highest BCUT2D eigenvalue weighted by molar-refractivity contribution is 7.22. The quantitative estimate of drug-likeness (QED) is 0.676. The lowest BCUT2D eigenvalue weighted by Gasteiger charge is -2.23. The summed E-state index contributed by atoms with van der Waals surface area (Å²) >= 11 is 1.58. The molecule has 2 heterocycles. The number of hydrogen-bond donors (Lipinski definition) is 0. The van der Waals surface area contributed by atoms with Crippen LogP contribution in [0.2, 0.25) is 0 Å². The Bertz CT molecular complexity index is 930. The van der Waals surface area contributed by atoms with E-state index in [1.807, 2.05) is 30.3 Å². The Morgan fingerprint density at radius 3 is 2.81 bits per heavy atom. The summed E-state index contributed by atoms with van der Waals surface area (Å²) in [5.74, 6) is 0.0137. The van der Waals surface area contributed by atoms with Gasteiger partial charge in [0.1, 0.15) is 6.10 Å². The second kappa shape index (κ2) is 7.17. The van der Waals surface area contributed by atoms with Crippen LogP contribution in [0.3, 0.4) is 0 Å². The number of aryl methyl sites for hydroxylation is 2. The Morgan fingerprint density at radius 1 is 1.27 bits per heavy atom. The molecule has 26 heavy (non-hydrogen) atoms. The molecule has 1 amide bonds. The number of fused-ring (bicyclic) bond motifs is 1. The number of anilines is 1. The summed E-state index contributed by atoms with van der Waals surface area (Å²) in [6.07, 6.45) is 1.37. The first-order chi connectivity index (χ1) is 12.6. The summed E-state index contributed by atoms with van der Waals surface area (Å²) in [5.41, 5.74) is 4.43. The molecule has 4 rings (SSSR count). The summed E-state index contributed by atoms with van der Waals surface area (Å²) in [6, 6.07) is 14.3. The minimum Gasteiger partial charge on any atom is -0.368 e. The molecule has 1 unspecified atom stereocenters. The fraction of sp³-hybridized carbons (Fsp3) is 0.333. The van der Waals surface area contributed by atoms with Gasteiger partial charge in [0.25, 0.3) is 5.91 Å². The third kappa shape index (κ3) is 3.37. The molecule has 0 aliphatic carbocycles. The van der Waals surface area contributed by atoms with Crippen LogP contribution in [-0.2, 0) is 16.1 Å². The Balaban J connectivity index is 1.74. The standard InChI is InChI=1S/C21H22N2O2S/c1-14-11-15(2)19-18(12-14)26-21(22-19)23(13-16-7-4-3-5-8-16)20(24)17-9-6-10-25-17/h3-5,7-8,11-12,17H,6,9-10,13H2,1-2H3. The molecule has 0 bridgehead atoms. The van der Waals surface area contributed by atoms with Gasteiger partial charge >= 0.3 is 0 Å². The van der Waals surface area contributed by atoms with Crippen LogP contribution in [0.4, 0.5) is 5.13 Å². The largest absolute Gasteiger partial charge is 0.368 e. The van der Waals surface area contributed by atoms with E-state index in [1.165, 1.54) is 5.56 Å². The summed E-state index contributed by atoms with van der Waals surface area (Å²) in [5, 5.41) is 0.748. The van der Waals surface area contributed by atoms with E-state index < -0.39 is 0 Å². The van der Waals surface area contributed by atoms with Crippen molar-refractivity contribution in [1.29, 1.82) is 0 Å². The molecule has 2 aromatic carbocycles. The number of hydrogen-bond acceptors (Lipinski definition) is 4. The predicted octanol–water partition coefficient (Wildman–Crippen LogP) is 4.63. The van der Waals surface area contributed by atoms with Crippen LogP contribution in [0.5, 0.6) is 0 Å². The van der Waals surface area contributed by atoms with Crippen LogP contribution in [0.15, 0.2) is 42.5 Å². The van der Waals surface area contributed by atoms with Gasteiger partial charge in [-0.2, -0.15) is 0 Å². The zero-order valence-corrected chi connectivity index (χ0v) is 15.9. The van der Waals surface area contributed by atoms with Gasteiger partial charge < -0.3 is 4.74 Å². The van der Waals surface area contributed by atoms with Crippen LogP contribution >= 0.6 is 11.3 Å². The molecule has 4 nitrogen and oxygen atoms in total. The molecule has 1 aliphatic rings. The molecule has 1 aromatic heterocycles. The number of carbonyl (C=O) groups is 1. The summed E-state index contributed by atoms with van der Waals surface area (Å²) in [7, 11) is 0. The minimum atomic E-state index is -0.353. The molecule has 1 aliphatic heterocycles. The van der Waals surface area contributed by atoms with Crippen LogP contribution in [0, 0.1) is 13.8 Å². The summed E-state index contributed by atoms with van der Waals surface area (Å²) in [4.78, 5) is 19.8. The Labute approximate surface area is 157 Å². The fourth-order valence-corrected chi connectivity index (χ4v) is 4.57. The second-order valence-electron chi connectivity index (χ2n) is 6.84. The molecule has 134 valence electrons. The number of ether oxygens (including phenoxy) is 1. The molecule has 0 N–H and O–H groups in total. The van der Waals surface area contributed by atoms with Gasteiger partial charge in [0.15, 0.2) is 5.13 Å². The van der Waals surface area contributed by atoms with E-state index in [2.05, 4.69) is 26.0 Å². The maximum atomic E-state index is 13.1. The molecule has 3 aromatic rings. The smallest absolute Gasteiger partial charge is 0.258 e. The molecule has 1 fully saturated rings. The van der Waals surface area contributed by atoms with Crippen molar-refractivity contribution in [2.75, 3.05) is 11.5 Å². The van der Waals surface area contributed by atoms with Gasteiger partial charge in [-0.15, -0.1) is 0 Å². The van der Waals surface area contributed by atoms with Crippen LogP contribution < -0.4 is 4.90 Å². The van der Waals surface area contributed by atoms with Gasteiger partial charge in [-0.3, -0.25) is 9.69 Å². The van der Waals surface area contributed by atoms with E-state index >= 15 is 0 Å². The molecule has 1 saturated heterocycles. The second-order valence-corrected chi connectivity index (χ2v) is 7.85. The fourth-order valence-electron chi connectivity index (χ4n) is 3.43. The molecule has 0 saturated carbocycles. The third-order valence-corrected chi connectivity index (χ3v) is 5.73. The van der Waals surface area contributed by atoms with Gasteiger partial charge in [0, 0.05) is 6.61 Å². The highest BCUT2D eigenvalue weighted by Crippen LogP contribution is 2.33. The van der Waals surface area contributed by atoms with E-state index in [1.54, 1.807) is 16.2 Å². The Morgan fingerprint density at radius 2 is 2.08 bits per heavy atom. The Kier molecular flexibility index (Phi) is 4.74. The van der Waals surface area contributed by atoms with Crippen LogP contribution in [-0.4, -0.2) is 23.6 Å². The molecular weight excluding hydrogens is 344 g/mol. The number of carbonyl (C=O) groups excluding carboxylic acids is 1. The van der Waals surface area contributed by atoms with Crippen molar-refractivity contribution in [3.8, 4) is 0 Å². The zero-order valence-electron chi connectivity index (χ0n) is 15.1. The number of thiazole rings is 1. The van der Waals surface area contributed by atoms with E-state index in [9.17, 15) is 4.79 Å². The number of rotatable bonds is 4. The van der Waals surface area contributed by atoms with E-state index in [0.717, 1.165) is 39.3 Å². The predicted molar refractivity (Wildman–Crippen MR) is 106 cm³/mol. The number of amides is 1. The van der Waals surface area contributed by atoms with E-state index in [-0.39, 0.29) is 12.0 Å². The first kappa shape index (κ1) is 17.2. The average Bonchev–Trinajstić information content (AvgIpc) is 3.29. The number of nitrogens with zero attached hydrogens (tertiary/aromatic N) is 2. The number of aromatic nitrogens is 1. The number of benzene rings is 2. The van der Waals surface area contributed by atoms with E-state index in [4.69, 9.17) is 9.72 Å². The van der Waals surface area contributed by atoms with Crippen molar-refractivity contribution in [3.63, 3.8) is 0 Å². The SMILES string of the molecule is Cc1cc(C)c2nc(N(Cc3ccccc3)C(=O)C3CCCO3)sc2c1. The minimum absolute atomic E-state index is 0.0137. The van der Waals surface area contributed by atoms with Gasteiger partial charge in [0.2, 0.25) is 0 Å². The molecule has 0 radical (unpaired) electrons. The van der Waals surface area contributed by atoms with E-state index in [0.29, 0.717) is 13.2 Å². The first-order valence-corrected chi connectivity index (χ1v) is 9.78. The highest BCUT2D eigenvalue weighted by atomic mass is 32.1. The van der Waals surface area contributed by atoms with Crippen molar-refractivity contribution < 1.29 is 9.53 Å².